The van der Waals surface area contributed by atoms with Gasteiger partial charge in [0.15, 0.2) is 0 Å². The lowest BCUT2D eigenvalue weighted by atomic mass is 10.3. The van der Waals surface area contributed by atoms with Gasteiger partial charge in [-0.3, -0.25) is 4.18 Å². The summed E-state index contributed by atoms with van der Waals surface area (Å²) in [5, 5.41) is 3.65. The average molecular weight is 205 g/mol. The second-order valence-corrected chi connectivity index (χ2v) is 4.35. The molecule has 0 unspecified atom stereocenters. The Kier molecular flexibility index (Phi) is 3.05. The average Bonchev–Trinajstić information content (AvgIpc) is 2.33. The van der Waals surface area contributed by atoms with Gasteiger partial charge in [-0.2, -0.15) is 8.42 Å². The van der Waals surface area contributed by atoms with E-state index in [1.54, 1.807) is 13.0 Å². The molecule has 6 heteroatoms. The number of nitrogens with zero attached hydrogens (tertiary/aromatic N) is 1. The number of aryl methyl sites for hydroxylation is 1. The maximum absolute atomic E-state index is 10.6. The van der Waals surface area contributed by atoms with Crippen molar-refractivity contribution in [1.29, 1.82) is 0 Å². The van der Waals surface area contributed by atoms with E-state index in [0.717, 1.165) is 11.9 Å². The van der Waals surface area contributed by atoms with Crippen LogP contribution in [0.5, 0.6) is 0 Å². The quantitative estimate of drug-likeness (QED) is 0.669. The lowest BCUT2D eigenvalue weighted by Crippen LogP contribution is -2.05. The van der Waals surface area contributed by atoms with E-state index in [-0.39, 0.29) is 6.61 Å². The Morgan fingerprint density at radius 2 is 2.31 bits per heavy atom. The fourth-order valence-corrected chi connectivity index (χ4v) is 1.21. The molecule has 13 heavy (non-hydrogen) atoms. The summed E-state index contributed by atoms with van der Waals surface area (Å²) in [5.41, 5.74) is 0.773. The maximum atomic E-state index is 10.6. The van der Waals surface area contributed by atoms with Crippen LogP contribution >= 0.6 is 0 Å². The molecular weight excluding hydrogens is 194 g/mol. The molecule has 0 atom stereocenters. The number of rotatable bonds is 4. The van der Waals surface area contributed by atoms with Gasteiger partial charge in [0.05, 0.1) is 18.6 Å². The molecule has 1 heterocycles. The third-order valence-electron chi connectivity index (χ3n) is 1.32. The topological polar surface area (TPSA) is 69.4 Å². The van der Waals surface area contributed by atoms with Crippen molar-refractivity contribution in [1.82, 2.24) is 5.16 Å². The zero-order valence-electron chi connectivity index (χ0n) is 7.48. The van der Waals surface area contributed by atoms with Gasteiger partial charge in [0.1, 0.15) is 5.76 Å². The minimum atomic E-state index is -3.35. The van der Waals surface area contributed by atoms with Crippen LogP contribution in [-0.4, -0.2) is 26.4 Å². The number of aromatic nitrogens is 1. The van der Waals surface area contributed by atoms with E-state index in [0.29, 0.717) is 12.2 Å². The molecule has 0 aliphatic rings. The van der Waals surface area contributed by atoms with Crippen LogP contribution in [-0.2, 0) is 20.7 Å². The Balaban J connectivity index is 2.36. The summed E-state index contributed by atoms with van der Waals surface area (Å²) >= 11 is 0. The van der Waals surface area contributed by atoms with Crippen molar-refractivity contribution in [2.45, 2.75) is 13.3 Å². The molecule has 0 bridgehead atoms. The Hall–Kier alpha value is -0.880. The lowest BCUT2D eigenvalue weighted by Gasteiger charge is -1.96. The Bertz CT molecular complexity index is 368. The van der Waals surface area contributed by atoms with Crippen LogP contribution < -0.4 is 0 Å². The lowest BCUT2D eigenvalue weighted by molar-refractivity contribution is 0.300. The minimum absolute atomic E-state index is 0.0907. The second-order valence-electron chi connectivity index (χ2n) is 2.71. The van der Waals surface area contributed by atoms with Gasteiger partial charge in [-0.15, -0.1) is 0 Å². The summed E-state index contributed by atoms with van der Waals surface area (Å²) in [6, 6.07) is 1.74. The summed E-state index contributed by atoms with van der Waals surface area (Å²) < 4.78 is 30.5. The predicted octanol–water partition coefficient (Wildman–Crippen LogP) is 0.502. The van der Waals surface area contributed by atoms with Crippen LogP contribution in [0.25, 0.3) is 0 Å². The normalized spacial score (nSPS) is 11.8. The molecule has 1 aromatic heterocycles. The first-order valence-corrected chi connectivity index (χ1v) is 5.55. The zero-order chi connectivity index (χ0) is 9.90. The summed E-state index contributed by atoms with van der Waals surface area (Å²) in [7, 11) is -3.35. The molecule has 0 fully saturated rings. The van der Waals surface area contributed by atoms with E-state index < -0.39 is 10.1 Å². The molecular formula is C7H11NO4S. The van der Waals surface area contributed by atoms with Crippen molar-refractivity contribution >= 4 is 10.1 Å². The third kappa shape index (κ3) is 4.05. The summed E-state index contributed by atoms with van der Waals surface area (Å²) in [6.07, 6.45) is 1.42. The summed E-state index contributed by atoms with van der Waals surface area (Å²) in [4.78, 5) is 0. The molecule has 0 aliphatic carbocycles. The van der Waals surface area contributed by atoms with Gasteiger partial charge in [0.25, 0.3) is 10.1 Å². The molecule has 0 radical (unpaired) electrons. The van der Waals surface area contributed by atoms with Gasteiger partial charge in [0, 0.05) is 12.5 Å². The fourth-order valence-electron chi connectivity index (χ4n) is 0.828. The molecule has 0 N–H and O–H groups in total. The first-order chi connectivity index (χ1) is 5.97. The van der Waals surface area contributed by atoms with Crippen LogP contribution in [0.1, 0.15) is 11.5 Å². The van der Waals surface area contributed by atoms with Crippen LogP contribution in [0.15, 0.2) is 10.6 Å². The van der Waals surface area contributed by atoms with Gasteiger partial charge in [-0.25, -0.2) is 0 Å². The Morgan fingerprint density at radius 1 is 1.62 bits per heavy atom. The molecule has 74 valence electrons. The van der Waals surface area contributed by atoms with Crippen molar-refractivity contribution < 1.29 is 17.1 Å². The highest BCUT2D eigenvalue weighted by atomic mass is 32.2. The van der Waals surface area contributed by atoms with Crippen LogP contribution in [0.2, 0.25) is 0 Å². The molecule has 0 saturated heterocycles. The molecule has 1 rings (SSSR count). The number of hydrogen-bond acceptors (Lipinski definition) is 5. The van der Waals surface area contributed by atoms with Gasteiger partial charge < -0.3 is 4.52 Å². The molecule has 0 aromatic carbocycles. The predicted molar refractivity (Wildman–Crippen MR) is 45.7 cm³/mol. The van der Waals surface area contributed by atoms with Gasteiger partial charge in [-0.05, 0) is 6.92 Å². The second kappa shape index (κ2) is 3.89. The van der Waals surface area contributed by atoms with Gasteiger partial charge in [0.2, 0.25) is 0 Å². The zero-order valence-corrected chi connectivity index (χ0v) is 8.30. The first-order valence-electron chi connectivity index (χ1n) is 3.74. The molecule has 0 saturated carbocycles. The van der Waals surface area contributed by atoms with Crippen molar-refractivity contribution in [3.63, 3.8) is 0 Å². The van der Waals surface area contributed by atoms with Crippen LogP contribution in [0.4, 0.5) is 0 Å². The molecule has 5 nitrogen and oxygen atoms in total. The van der Waals surface area contributed by atoms with Crippen molar-refractivity contribution in [2.24, 2.45) is 0 Å². The van der Waals surface area contributed by atoms with Gasteiger partial charge in [-0.1, -0.05) is 5.16 Å². The maximum Gasteiger partial charge on any atom is 0.264 e. The standard InChI is InChI=1S/C7H11NO4S/c1-6-5-7(12-8-6)3-4-11-13(2,9)10/h5H,3-4H2,1-2H3. The monoisotopic (exact) mass is 205 g/mol. The largest absolute Gasteiger partial charge is 0.361 e. The van der Waals surface area contributed by atoms with E-state index in [1.807, 2.05) is 0 Å². The van der Waals surface area contributed by atoms with E-state index >= 15 is 0 Å². The molecule has 0 aliphatic heterocycles. The third-order valence-corrected chi connectivity index (χ3v) is 1.92. The minimum Gasteiger partial charge on any atom is -0.361 e. The fraction of sp³-hybridized carbons (Fsp3) is 0.571. The highest BCUT2D eigenvalue weighted by Gasteiger charge is 2.04. The van der Waals surface area contributed by atoms with E-state index in [9.17, 15) is 8.42 Å². The highest BCUT2D eigenvalue weighted by molar-refractivity contribution is 7.85. The van der Waals surface area contributed by atoms with Crippen molar-refractivity contribution in [3.05, 3.63) is 17.5 Å². The van der Waals surface area contributed by atoms with Crippen molar-refractivity contribution in [3.8, 4) is 0 Å². The molecule has 1 aromatic rings. The number of hydrogen-bond donors (Lipinski definition) is 0. The smallest absolute Gasteiger partial charge is 0.264 e. The van der Waals surface area contributed by atoms with Crippen LogP contribution in [0, 0.1) is 6.92 Å². The molecule has 0 spiro atoms. The van der Waals surface area contributed by atoms with E-state index in [2.05, 4.69) is 9.34 Å². The van der Waals surface area contributed by atoms with Crippen LogP contribution in [0.3, 0.4) is 0 Å². The van der Waals surface area contributed by atoms with E-state index in [4.69, 9.17) is 4.52 Å². The Morgan fingerprint density at radius 3 is 2.77 bits per heavy atom. The Labute approximate surface area is 76.8 Å². The first kappa shape index (κ1) is 10.2. The SMILES string of the molecule is Cc1cc(CCOS(C)(=O)=O)on1. The summed E-state index contributed by atoms with van der Waals surface area (Å²) in [5.74, 6) is 0.626. The molecule has 0 amide bonds. The van der Waals surface area contributed by atoms with E-state index in [1.165, 1.54) is 0 Å². The summed E-state index contributed by atoms with van der Waals surface area (Å²) in [6.45, 7) is 1.89. The van der Waals surface area contributed by atoms with Gasteiger partial charge >= 0.3 is 0 Å². The van der Waals surface area contributed by atoms with Crippen molar-refractivity contribution in [2.75, 3.05) is 12.9 Å². The highest BCUT2D eigenvalue weighted by Crippen LogP contribution is 2.03.